The van der Waals surface area contributed by atoms with Crippen LogP contribution in [0.2, 0.25) is 5.02 Å². The molecular formula is C25H25ClF2N2O3. The standard InChI is InChI=1S/C25H25ClF2N2O3/c1-16(29-24(31)25(2,3)33-22-13-20(27)12-21(28)14-22)23(18-5-4-10-30(32)15-18)11-17-6-8-19(26)9-7-17/h4-10,12-16,23H,11H2,1-3H3,(H,29,31). The van der Waals surface area contributed by atoms with Crippen LogP contribution in [0.1, 0.15) is 37.8 Å². The minimum Gasteiger partial charge on any atom is -0.619 e. The summed E-state index contributed by atoms with van der Waals surface area (Å²) >= 11 is 5.99. The van der Waals surface area contributed by atoms with Crippen molar-refractivity contribution in [1.29, 1.82) is 0 Å². The highest BCUT2D eigenvalue weighted by atomic mass is 35.5. The number of ether oxygens (including phenoxy) is 1. The van der Waals surface area contributed by atoms with Crippen LogP contribution in [0.3, 0.4) is 0 Å². The lowest BCUT2D eigenvalue weighted by molar-refractivity contribution is -0.606. The summed E-state index contributed by atoms with van der Waals surface area (Å²) in [6.45, 7) is 4.86. The van der Waals surface area contributed by atoms with Gasteiger partial charge in [-0.3, -0.25) is 4.79 Å². The molecule has 0 aliphatic carbocycles. The average molecular weight is 475 g/mol. The number of carbonyl (C=O) groups is 1. The zero-order chi connectivity index (χ0) is 24.2. The molecule has 2 unspecified atom stereocenters. The number of halogens is 3. The Balaban J connectivity index is 1.80. The number of amides is 1. The molecule has 0 aliphatic rings. The molecular weight excluding hydrogens is 450 g/mol. The van der Waals surface area contributed by atoms with Crippen molar-refractivity contribution in [3.63, 3.8) is 0 Å². The molecule has 3 aromatic rings. The van der Waals surface area contributed by atoms with E-state index in [9.17, 15) is 18.8 Å². The van der Waals surface area contributed by atoms with E-state index in [1.165, 1.54) is 26.2 Å². The van der Waals surface area contributed by atoms with E-state index in [0.29, 0.717) is 16.2 Å². The molecule has 5 nitrogen and oxygen atoms in total. The predicted octanol–water partition coefficient (Wildman–Crippen LogP) is 4.94. The van der Waals surface area contributed by atoms with Crippen molar-refractivity contribution in [3.05, 3.63) is 100.0 Å². The Bertz CT molecular complexity index is 1100. The van der Waals surface area contributed by atoms with Crippen molar-refractivity contribution in [1.82, 2.24) is 5.32 Å². The van der Waals surface area contributed by atoms with E-state index in [-0.39, 0.29) is 11.7 Å². The van der Waals surface area contributed by atoms with Gasteiger partial charge in [0, 0.05) is 46.8 Å². The summed E-state index contributed by atoms with van der Waals surface area (Å²) in [5.74, 6) is -2.39. The molecule has 174 valence electrons. The van der Waals surface area contributed by atoms with Crippen molar-refractivity contribution in [2.75, 3.05) is 0 Å². The van der Waals surface area contributed by atoms with Crippen molar-refractivity contribution in [3.8, 4) is 5.75 Å². The molecule has 3 rings (SSSR count). The SMILES string of the molecule is CC(NC(=O)C(C)(C)Oc1cc(F)cc(F)c1)C(Cc1ccc(Cl)cc1)c1ccc[n+]([O-])c1. The highest BCUT2D eigenvalue weighted by molar-refractivity contribution is 6.30. The van der Waals surface area contributed by atoms with E-state index in [4.69, 9.17) is 16.3 Å². The summed E-state index contributed by atoms with van der Waals surface area (Å²) in [6.07, 6.45) is 3.40. The molecule has 0 spiro atoms. The molecule has 1 aromatic heterocycles. The molecule has 0 aliphatic heterocycles. The van der Waals surface area contributed by atoms with Gasteiger partial charge >= 0.3 is 0 Å². The van der Waals surface area contributed by atoms with Gasteiger partial charge in [0.15, 0.2) is 18.0 Å². The van der Waals surface area contributed by atoms with E-state index < -0.39 is 29.2 Å². The summed E-state index contributed by atoms with van der Waals surface area (Å²) in [6, 6.07) is 13.2. The second-order valence-electron chi connectivity index (χ2n) is 8.41. The summed E-state index contributed by atoms with van der Waals surface area (Å²) in [4.78, 5) is 13.0. The van der Waals surface area contributed by atoms with E-state index in [1.54, 1.807) is 18.2 Å². The molecule has 1 amide bonds. The first-order valence-electron chi connectivity index (χ1n) is 10.4. The third-order valence-corrected chi connectivity index (χ3v) is 5.57. The smallest absolute Gasteiger partial charge is 0.263 e. The normalized spacial score (nSPS) is 13.3. The number of hydrogen-bond donors (Lipinski definition) is 1. The molecule has 1 heterocycles. The van der Waals surface area contributed by atoms with E-state index in [2.05, 4.69) is 5.32 Å². The Hall–Kier alpha value is -3.19. The Morgan fingerprint density at radius 1 is 1.15 bits per heavy atom. The molecule has 2 atom stereocenters. The zero-order valence-corrected chi connectivity index (χ0v) is 19.3. The van der Waals surface area contributed by atoms with Gasteiger partial charge < -0.3 is 15.3 Å². The average Bonchev–Trinajstić information content (AvgIpc) is 2.72. The molecule has 0 saturated heterocycles. The monoisotopic (exact) mass is 474 g/mol. The number of nitrogens with one attached hydrogen (secondary N) is 1. The lowest BCUT2D eigenvalue weighted by Crippen LogP contribution is -2.51. The molecule has 2 aromatic carbocycles. The zero-order valence-electron chi connectivity index (χ0n) is 18.5. The highest BCUT2D eigenvalue weighted by Crippen LogP contribution is 2.26. The first-order valence-corrected chi connectivity index (χ1v) is 10.8. The molecule has 0 radical (unpaired) electrons. The lowest BCUT2D eigenvalue weighted by Gasteiger charge is -2.30. The van der Waals surface area contributed by atoms with Gasteiger partial charge in [0.1, 0.15) is 17.4 Å². The maximum absolute atomic E-state index is 13.5. The van der Waals surface area contributed by atoms with Gasteiger partial charge in [0.2, 0.25) is 0 Å². The van der Waals surface area contributed by atoms with Crippen molar-refractivity contribution >= 4 is 17.5 Å². The topological polar surface area (TPSA) is 65.3 Å². The number of pyridine rings is 1. The summed E-state index contributed by atoms with van der Waals surface area (Å²) < 4.78 is 33.3. The van der Waals surface area contributed by atoms with Crippen LogP contribution in [0.15, 0.2) is 67.0 Å². The summed E-state index contributed by atoms with van der Waals surface area (Å²) in [7, 11) is 0. The minimum absolute atomic E-state index is 0.0894. The number of nitrogens with zero attached hydrogens (tertiary/aromatic N) is 1. The first kappa shape index (κ1) is 24.5. The Labute approximate surface area is 196 Å². The second kappa shape index (κ2) is 10.2. The largest absolute Gasteiger partial charge is 0.619 e. The molecule has 8 heteroatoms. The van der Waals surface area contributed by atoms with Gasteiger partial charge in [-0.15, -0.1) is 0 Å². The summed E-state index contributed by atoms with van der Waals surface area (Å²) in [5.41, 5.74) is 0.327. The number of aromatic nitrogens is 1. The quantitative estimate of drug-likeness (QED) is 0.371. The van der Waals surface area contributed by atoms with Gasteiger partial charge in [-0.2, -0.15) is 4.73 Å². The van der Waals surface area contributed by atoms with Crippen LogP contribution in [-0.2, 0) is 11.2 Å². The second-order valence-corrected chi connectivity index (χ2v) is 8.85. The number of benzene rings is 2. The molecule has 0 bridgehead atoms. The third-order valence-electron chi connectivity index (χ3n) is 5.31. The Morgan fingerprint density at radius 2 is 1.79 bits per heavy atom. The van der Waals surface area contributed by atoms with E-state index >= 15 is 0 Å². The van der Waals surface area contributed by atoms with Crippen molar-refractivity contribution < 1.29 is 23.0 Å². The highest BCUT2D eigenvalue weighted by Gasteiger charge is 2.33. The van der Waals surface area contributed by atoms with Crippen LogP contribution < -0.4 is 14.8 Å². The molecule has 33 heavy (non-hydrogen) atoms. The van der Waals surface area contributed by atoms with Crippen LogP contribution in [-0.4, -0.2) is 17.6 Å². The maximum atomic E-state index is 13.5. The first-order chi connectivity index (χ1) is 15.5. The van der Waals surface area contributed by atoms with Crippen molar-refractivity contribution in [2.45, 2.75) is 44.8 Å². The van der Waals surface area contributed by atoms with E-state index in [1.807, 2.05) is 25.1 Å². The Morgan fingerprint density at radius 3 is 2.39 bits per heavy atom. The van der Waals surface area contributed by atoms with Crippen LogP contribution >= 0.6 is 11.6 Å². The maximum Gasteiger partial charge on any atom is 0.263 e. The predicted molar refractivity (Wildman–Crippen MR) is 122 cm³/mol. The third kappa shape index (κ3) is 6.65. The van der Waals surface area contributed by atoms with Gasteiger partial charge in [0.25, 0.3) is 5.91 Å². The van der Waals surface area contributed by atoms with Crippen LogP contribution in [0.25, 0.3) is 0 Å². The number of rotatable bonds is 8. The molecule has 1 N–H and O–H groups in total. The number of hydrogen-bond acceptors (Lipinski definition) is 3. The van der Waals surface area contributed by atoms with Crippen LogP contribution in [0, 0.1) is 16.8 Å². The van der Waals surface area contributed by atoms with E-state index in [0.717, 1.165) is 29.3 Å². The fraction of sp³-hybridized carbons (Fsp3) is 0.280. The van der Waals surface area contributed by atoms with Gasteiger partial charge in [-0.1, -0.05) is 23.7 Å². The number of carbonyl (C=O) groups excluding carboxylic acids is 1. The summed E-state index contributed by atoms with van der Waals surface area (Å²) in [5, 5.41) is 15.4. The van der Waals surface area contributed by atoms with Crippen LogP contribution in [0.4, 0.5) is 8.78 Å². The van der Waals surface area contributed by atoms with Gasteiger partial charge in [0.05, 0.1) is 0 Å². The molecule has 0 saturated carbocycles. The van der Waals surface area contributed by atoms with Crippen molar-refractivity contribution in [2.24, 2.45) is 0 Å². The minimum atomic E-state index is -1.41. The fourth-order valence-corrected chi connectivity index (χ4v) is 3.68. The van der Waals surface area contributed by atoms with Gasteiger partial charge in [-0.05, 0) is 51.0 Å². The lowest BCUT2D eigenvalue weighted by atomic mass is 9.87. The fourth-order valence-electron chi connectivity index (χ4n) is 3.56. The molecule has 0 fully saturated rings. The van der Waals surface area contributed by atoms with Crippen LogP contribution in [0.5, 0.6) is 5.75 Å². The Kier molecular flexibility index (Phi) is 7.53. The van der Waals surface area contributed by atoms with Gasteiger partial charge in [-0.25, -0.2) is 8.78 Å².